The van der Waals surface area contributed by atoms with Crippen LogP contribution in [-0.4, -0.2) is 11.4 Å². The zero-order valence-corrected chi connectivity index (χ0v) is 10.2. The van der Waals surface area contributed by atoms with Crippen molar-refractivity contribution in [3.63, 3.8) is 0 Å². The van der Waals surface area contributed by atoms with Crippen LogP contribution in [0.3, 0.4) is 0 Å². The SMILES string of the molecule is CC(c1ccccc1)N(C)SI. The van der Waals surface area contributed by atoms with Crippen molar-refractivity contribution >= 4 is 30.3 Å². The van der Waals surface area contributed by atoms with E-state index in [-0.39, 0.29) is 0 Å². The van der Waals surface area contributed by atoms with E-state index >= 15 is 0 Å². The molecule has 12 heavy (non-hydrogen) atoms. The summed E-state index contributed by atoms with van der Waals surface area (Å²) in [5, 5.41) is 0. The minimum atomic E-state index is 0.480. The molecule has 0 heterocycles. The summed E-state index contributed by atoms with van der Waals surface area (Å²) in [7, 11) is 3.84. The summed E-state index contributed by atoms with van der Waals surface area (Å²) >= 11 is 2.30. The molecule has 0 aliphatic rings. The highest BCUT2D eigenvalue weighted by atomic mass is 127. The summed E-state index contributed by atoms with van der Waals surface area (Å²) in [5.41, 5.74) is 1.36. The number of hydrogen-bond donors (Lipinski definition) is 0. The second-order valence-corrected chi connectivity index (χ2v) is 4.60. The molecule has 1 rings (SSSR count). The van der Waals surface area contributed by atoms with Crippen molar-refractivity contribution in [1.29, 1.82) is 0 Å². The Morgan fingerprint density at radius 3 is 2.42 bits per heavy atom. The summed E-state index contributed by atoms with van der Waals surface area (Å²) in [6, 6.07) is 11.0. The largest absolute Gasteiger partial charge is 0.238 e. The van der Waals surface area contributed by atoms with E-state index in [1.165, 1.54) is 5.56 Å². The molecule has 0 radical (unpaired) electrons. The van der Waals surface area contributed by atoms with Crippen LogP contribution in [0.15, 0.2) is 30.3 Å². The van der Waals surface area contributed by atoms with Gasteiger partial charge in [-0.25, -0.2) is 4.31 Å². The topological polar surface area (TPSA) is 3.24 Å². The Morgan fingerprint density at radius 2 is 1.92 bits per heavy atom. The lowest BCUT2D eigenvalue weighted by molar-refractivity contribution is 0.458. The highest BCUT2D eigenvalue weighted by Crippen LogP contribution is 2.28. The highest BCUT2D eigenvalue weighted by molar-refractivity contribution is 14.2. The zero-order chi connectivity index (χ0) is 8.97. The second kappa shape index (κ2) is 5.09. The molecule has 0 bridgehead atoms. The summed E-state index contributed by atoms with van der Waals surface area (Å²) in [4.78, 5) is 0. The lowest BCUT2D eigenvalue weighted by atomic mass is 10.1. The number of rotatable bonds is 3. The standard InChI is InChI=1S/C9H12INS/c1-8(11(2)12-10)9-6-4-3-5-7-9/h3-8H,1-2H3. The number of nitrogens with zero attached hydrogens (tertiary/aromatic N) is 1. The quantitative estimate of drug-likeness (QED) is 0.618. The smallest absolute Gasteiger partial charge is 0.0428 e. The van der Waals surface area contributed by atoms with E-state index in [0.29, 0.717) is 6.04 Å². The van der Waals surface area contributed by atoms with E-state index in [2.05, 4.69) is 63.7 Å². The van der Waals surface area contributed by atoms with E-state index in [4.69, 9.17) is 0 Å². The highest BCUT2D eigenvalue weighted by Gasteiger charge is 2.09. The van der Waals surface area contributed by atoms with Gasteiger partial charge in [-0.3, -0.25) is 0 Å². The van der Waals surface area contributed by atoms with Gasteiger partial charge >= 0.3 is 0 Å². The van der Waals surface area contributed by atoms with Crippen LogP contribution in [0.1, 0.15) is 18.5 Å². The molecule has 0 fully saturated rings. The molecular weight excluding hydrogens is 281 g/mol. The second-order valence-electron chi connectivity index (χ2n) is 2.70. The van der Waals surface area contributed by atoms with Gasteiger partial charge in [0.2, 0.25) is 0 Å². The first kappa shape index (κ1) is 10.3. The monoisotopic (exact) mass is 293 g/mol. The Bertz CT molecular complexity index is 227. The molecule has 0 saturated carbocycles. The molecule has 1 nitrogen and oxygen atoms in total. The minimum absolute atomic E-state index is 0.480. The van der Waals surface area contributed by atoms with Gasteiger partial charge in [-0.1, -0.05) is 30.3 Å². The molecule has 0 aromatic heterocycles. The van der Waals surface area contributed by atoms with Gasteiger partial charge in [-0.05, 0) is 28.7 Å². The van der Waals surface area contributed by atoms with Gasteiger partial charge in [0, 0.05) is 27.2 Å². The van der Waals surface area contributed by atoms with Gasteiger partial charge < -0.3 is 0 Å². The van der Waals surface area contributed by atoms with Crippen LogP contribution < -0.4 is 0 Å². The fraction of sp³-hybridized carbons (Fsp3) is 0.333. The van der Waals surface area contributed by atoms with Gasteiger partial charge in [0.25, 0.3) is 0 Å². The lowest BCUT2D eigenvalue weighted by Gasteiger charge is -2.20. The molecule has 1 unspecified atom stereocenters. The normalized spacial score (nSPS) is 13.3. The third kappa shape index (κ3) is 2.64. The van der Waals surface area contributed by atoms with Crippen LogP contribution in [0, 0.1) is 0 Å². The Hall–Kier alpha value is 0.260. The van der Waals surface area contributed by atoms with Gasteiger partial charge in [0.05, 0.1) is 0 Å². The van der Waals surface area contributed by atoms with E-state index in [0.717, 1.165) is 0 Å². The molecule has 0 saturated heterocycles. The molecule has 1 aromatic carbocycles. The Balaban J connectivity index is 2.71. The average Bonchev–Trinajstić information content (AvgIpc) is 2.17. The molecule has 66 valence electrons. The maximum atomic E-state index is 2.30. The van der Waals surface area contributed by atoms with Crippen molar-refractivity contribution in [3.8, 4) is 0 Å². The Morgan fingerprint density at radius 1 is 1.33 bits per heavy atom. The van der Waals surface area contributed by atoms with Crippen LogP contribution in [-0.2, 0) is 0 Å². The fourth-order valence-corrected chi connectivity index (χ4v) is 2.27. The van der Waals surface area contributed by atoms with E-state index < -0.39 is 0 Å². The van der Waals surface area contributed by atoms with Crippen molar-refractivity contribution in [2.45, 2.75) is 13.0 Å². The molecule has 1 atom stereocenters. The van der Waals surface area contributed by atoms with Crippen molar-refractivity contribution in [2.75, 3.05) is 7.05 Å². The molecule has 1 aromatic rings. The first-order chi connectivity index (χ1) is 5.75. The molecule has 0 aliphatic heterocycles. The predicted molar refractivity (Wildman–Crippen MR) is 64.2 cm³/mol. The minimum Gasteiger partial charge on any atom is -0.238 e. The Labute approximate surface area is 90.3 Å². The predicted octanol–water partition coefficient (Wildman–Crippen LogP) is 3.68. The van der Waals surface area contributed by atoms with E-state index in [1.807, 2.05) is 6.07 Å². The first-order valence-corrected chi connectivity index (χ1v) is 7.14. The lowest BCUT2D eigenvalue weighted by Crippen LogP contribution is -2.12. The van der Waals surface area contributed by atoms with E-state index in [1.54, 1.807) is 9.12 Å². The maximum absolute atomic E-state index is 2.30. The molecular formula is C9H12INS. The molecule has 0 amide bonds. The van der Waals surface area contributed by atoms with Gasteiger partial charge in [-0.15, -0.1) is 0 Å². The maximum Gasteiger partial charge on any atom is 0.0428 e. The zero-order valence-electron chi connectivity index (χ0n) is 7.20. The van der Waals surface area contributed by atoms with Crippen molar-refractivity contribution < 1.29 is 0 Å². The first-order valence-electron chi connectivity index (χ1n) is 3.82. The van der Waals surface area contributed by atoms with Crippen LogP contribution in [0.2, 0.25) is 0 Å². The van der Waals surface area contributed by atoms with Crippen molar-refractivity contribution in [2.24, 2.45) is 0 Å². The van der Waals surface area contributed by atoms with Crippen LogP contribution in [0.25, 0.3) is 0 Å². The number of benzene rings is 1. The molecule has 0 aliphatic carbocycles. The van der Waals surface area contributed by atoms with E-state index in [9.17, 15) is 0 Å². The Kier molecular flexibility index (Phi) is 4.39. The van der Waals surface area contributed by atoms with Crippen molar-refractivity contribution in [1.82, 2.24) is 4.31 Å². The summed E-state index contributed by atoms with van der Waals surface area (Å²) < 4.78 is 2.23. The van der Waals surface area contributed by atoms with Crippen LogP contribution in [0.4, 0.5) is 0 Å². The van der Waals surface area contributed by atoms with Crippen LogP contribution in [0.5, 0.6) is 0 Å². The number of hydrogen-bond acceptors (Lipinski definition) is 2. The summed E-state index contributed by atoms with van der Waals surface area (Å²) in [6.07, 6.45) is 0. The molecule has 3 heteroatoms. The van der Waals surface area contributed by atoms with Gasteiger partial charge in [0.15, 0.2) is 0 Å². The van der Waals surface area contributed by atoms with Crippen molar-refractivity contribution in [3.05, 3.63) is 35.9 Å². The third-order valence-electron chi connectivity index (χ3n) is 1.94. The van der Waals surface area contributed by atoms with Gasteiger partial charge in [0.1, 0.15) is 0 Å². The fourth-order valence-electron chi connectivity index (χ4n) is 1.00. The summed E-state index contributed by atoms with van der Waals surface area (Å²) in [5.74, 6) is 0. The number of halogens is 1. The average molecular weight is 293 g/mol. The van der Waals surface area contributed by atoms with Gasteiger partial charge in [-0.2, -0.15) is 0 Å². The molecule has 0 N–H and O–H groups in total. The third-order valence-corrected chi connectivity index (χ3v) is 4.33. The van der Waals surface area contributed by atoms with Crippen LogP contribution >= 0.6 is 30.3 Å². The summed E-state index contributed by atoms with van der Waals surface area (Å²) in [6.45, 7) is 2.21. The molecule has 0 spiro atoms.